The van der Waals surface area contributed by atoms with Gasteiger partial charge in [0.1, 0.15) is 12.7 Å². The monoisotopic (exact) mass is 544 g/mol. The minimum absolute atomic E-state index is 0.166. The Morgan fingerprint density at radius 3 is 2.21 bits per heavy atom. The van der Waals surface area contributed by atoms with Gasteiger partial charge in [-0.15, -0.1) is 10.2 Å². The molecule has 7 rings (SSSR count). The van der Waals surface area contributed by atoms with Crippen molar-refractivity contribution < 1.29 is 21.7 Å². The van der Waals surface area contributed by atoms with Crippen molar-refractivity contribution in [1.82, 2.24) is 29.6 Å². The first-order chi connectivity index (χ1) is 18.3. The highest BCUT2D eigenvalue weighted by atomic mass is 32.2. The molecule has 3 aromatic rings. The molecule has 0 radical (unpaired) electrons. The van der Waals surface area contributed by atoms with Crippen LogP contribution in [0.4, 0.5) is 8.78 Å². The molecule has 0 saturated heterocycles. The second kappa shape index (κ2) is 8.90. The van der Waals surface area contributed by atoms with Crippen molar-refractivity contribution in [1.29, 1.82) is 0 Å². The van der Waals surface area contributed by atoms with Crippen LogP contribution in [0.3, 0.4) is 0 Å². The van der Waals surface area contributed by atoms with Gasteiger partial charge in [-0.05, 0) is 86.5 Å². The molecule has 9 nitrogen and oxygen atoms in total. The molecule has 1 N–H and O–H groups in total. The van der Waals surface area contributed by atoms with Crippen molar-refractivity contribution in [2.24, 2.45) is 0 Å². The van der Waals surface area contributed by atoms with E-state index in [9.17, 15) is 17.2 Å². The van der Waals surface area contributed by atoms with Crippen LogP contribution in [0.5, 0.6) is 0 Å². The quantitative estimate of drug-likeness (QED) is 0.422. The Bertz CT molecular complexity index is 1410. The number of hydrogen-bond donors (Lipinski definition) is 1. The van der Waals surface area contributed by atoms with Gasteiger partial charge in [-0.25, -0.2) is 21.9 Å². The molecule has 2 atom stereocenters. The molecule has 0 bridgehead atoms. The van der Waals surface area contributed by atoms with Crippen LogP contribution >= 0.6 is 0 Å². The first kappa shape index (κ1) is 24.3. The zero-order valence-electron chi connectivity index (χ0n) is 20.9. The topological polar surface area (TPSA) is 116 Å². The van der Waals surface area contributed by atoms with Crippen molar-refractivity contribution in [3.63, 3.8) is 0 Å². The van der Waals surface area contributed by atoms with Crippen molar-refractivity contribution >= 4 is 10.0 Å². The van der Waals surface area contributed by atoms with E-state index in [4.69, 9.17) is 4.52 Å². The minimum atomic E-state index is -3.78. The van der Waals surface area contributed by atoms with Gasteiger partial charge >= 0.3 is 0 Å². The number of nitrogens with zero attached hydrogens (tertiary/aromatic N) is 5. The van der Waals surface area contributed by atoms with Crippen LogP contribution in [0.25, 0.3) is 11.4 Å². The van der Waals surface area contributed by atoms with Crippen LogP contribution < -0.4 is 4.72 Å². The van der Waals surface area contributed by atoms with Gasteiger partial charge in [0.05, 0.1) is 4.90 Å². The molecule has 2 heterocycles. The van der Waals surface area contributed by atoms with E-state index in [2.05, 4.69) is 25.1 Å². The van der Waals surface area contributed by atoms with E-state index in [0.29, 0.717) is 22.7 Å². The van der Waals surface area contributed by atoms with E-state index < -0.39 is 21.9 Å². The summed E-state index contributed by atoms with van der Waals surface area (Å²) in [6.45, 7) is 0. The van der Waals surface area contributed by atoms with Gasteiger partial charge in [0.15, 0.2) is 0 Å². The molecular weight excluding hydrogens is 514 g/mol. The Morgan fingerprint density at radius 2 is 1.61 bits per heavy atom. The first-order valence-corrected chi connectivity index (χ1v) is 15.0. The largest absolute Gasteiger partial charge is 0.339 e. The normalized spacial score (nSPS) is 25.8. The van der Waals surface area contributed by atoms with Gasteiger partial charge < -0.3 is 9.09 Å². The summed E-state index contributed by atoms with van der Waals surface area (Å²) in [6.07, 6.45) is 9.94. The van der Waals surface area contributed by atoms with Crippen LogP contribution in [0.15, 0.2) is 34.2 Å². The lowest BCUT2D eigenvalue weighted by Gasteiger charge is -2.31. The number of sulfonamides is 1. The highest BCUT2D eigenvalue weighted by molar-refractivity contribution is 7.89. The summed E-state index contributed by atoms with van der Waals surface area (Å²) in [6, 6.07) is 3.76. The summed E-state index contributed by atoms with van der Waals surface area (Å²) in [5, 5.41) is 11.9. The predicted molar refractivity (Wildman–Crippen MR) is 132 cm³/mol. The van der Waals surface area contributed by atoms with Gasteiger partial charge in [0.2, 0.25) is 27.7 Å². The number of halogens is 2. The number of rotatable bonds is 8. The molecule has 38 heavy (non-hydrogen) atoms. The Hall–Kier alpha value is -2.73. The second-order valence-electron chi connectivity index (χ2n) is 11.5. The van der Waals surface area contributed by atoms with Gasteiger partial charge in [-0.3, -0.25) is 0 Å². The molecule has 4 fully saturated rings. The van der Waals surface area contributed by atoms with E-state index in [0.717, 1.165) is 56.1 Å². The summed E-state index contributed by atoms with van der Waals surface area (Å²) < 4.78 is 65.0. The number of nitrogens with one attached hydrogen (secondary N) is 1. The third kappa shape index (κ3) is 4.66. The number of alkyl halides is 2. The van der Waals surface area contributed by atoms with E-state index in [1.165, 1.54) is 0 Å². The predicted octanol–water partition coefficient (Wildman–Crippen LogP) is 5.06. The maximum absolute atomic E-state index is 14.0. The molecule has 12 heteroatoms. The van der Waals surface area contributed by atoms with Gasteiger partial charge in [-0.1, -0.05) is 5.16 Å². The first-order valence-electron chi connectivity index (χ1n) is 13.5. The fourth-order valence-electron chi connectivity index (χ4n) is 6.08. The van der Waals surface area contributed by atoms with Crippen molar-refractivity contribution in [2.75, 3.05) is 0 Å². The zero-order chi connectivity index (χ0) is 26.1. The maximum Gasteiger partial charge on any atom is 0.249 e. The van der Waals surface area contributed by atoms with Crippen LogP contribution in [-0.2, 0) is 10.0 Å². The lowest BCUT2D eigenvalue weighted by atomic mass is 9.81. The Morgan fingerprint density at radius 1 is 0.947 bits per heavy atom. The van der Waals surface area contributed by atoms with Crippen molar-refractivity contribution in [3.05, 3.63) is 41.8 Å². The summed E-state index contributed by atoms with van der Waals surface area (Å²) in [5.74, 6) is -2.20. The molecule has 202 valence electrons. The molecule has 1 aromatic carbocycles. The third-order valence-corrected chi connectivity index (χ3v) is 10.1. The maximum atomic E-state index is 14.0. The second-order valence-corrected chi connectivity index (χ2v) is 13.1. The van der Waals surface area contributed by atoms with Crippen LogP contribution in [0.1, 0.15) is 105 Å². The van der Waals surface area contributed by atoms with Gasteiger partial charge in [-0.2, -0.15) is 4.98 Å². The molecular formula is C26H30F2N6O3S. The highest BCUT2D eigenvalue weighted by Crippen LogP contribution is 2.51. The Kier molecular flexibility index (Phi) is 5.70. The fraction of sp³-hybridized carbons (Fsp3) is 0.615. The molecule has 0 amide bonds. The summed E-state index contributed by atoms with van der Waals surface area (Å²) >= 11 is 0. The lowest BCUT2D eigenvalue weighted by Crippen LogP contribution is -2.39. The molecule has 4 saturated carbocycles. The number of benzene rings is 1. The molecule has 4 aliphatic carbocycles. The highest BCUT2D eigenvalue weighted by Gasteiger charge is 2.48. The third-order valence-electron chi connectivity index (χ3n) is 8.42. The average molecular weight is 545 g/mol. The average Bonchev–Trinajstić information content (AvgIpc) is 3.79. The van der Waals surface area contributed by atoms with Gasteiger partial charge in [0, 0.05) is 36.4 Å². The standard InChI is InChI=1S/C26H30F2N6O3S/c27-26(28)11-18(12-26)25-31-24(32-37-25)17-8-21(15-4-5-15)23(22(9-17)16-6-7-16)38(35,36)33-19-2-1-3-20(10-19)34-13-29-30-14-34/h8-9,13-16,18-20,33H,1-7,10-12H2. The molecule has 2 unspecified atom stereocenters. The molecule has 0 aliphatic heterocycles. The van der Waals surface area contributed by atoms with Crippen molar-refractivity contribution in [2.45, 2.75) is 105 Å². The van der Waals surface area contributed by atoms with Gasteiger partial charge in [0.25, 0.3) is 0 Å². The van der Waals surface area contributed by atoms with Crippen molar-refractivity contribution in [3.8, 4) is 11.4 Å². The SMILES string of the molecule is O=S(=O)(NC1CCCC(n2cnnc2)C1)c1c(C2CC2)cc(-c2noc(C3CC(F)(F)C3)n2)cc1C1CC1. The summed E-state index contributed by atoms with van der Waals surface area (Å²) in [7, 11) is -3.78. The van der Waals surface area contributed by atoms with E-state index in [1.807, 2.05) is 16.7 Å². The summed E-state index contributed by atoms with van der Waals surface area (Å²) in [5.41, 5.74) is 2.31. The Labute approximate surface area is 219 Å². The molecule has 0 spiro atoms. The van der Waals surface area contributed by atoms with E-state index in [-0.39, 0.29) is 42.7 Å². The van der Waals surface area contributed by atoms with E-state index >= 15 is 0 Å². The minimum Gasteiger partial charge on any atom is -0.339 e. The van der Waals surface area contributed by atoms with Crippen LogP contribution in [0, 0.1) is 0 Å². The molecule has 4 aliphatic rings. The number of hydrogen-bond acceptors (Lipinski definition) is 7. The zero-order valence-corrected chi connectivity index (χ0v) is 21.7. The van der Waals surface area contributed by atoms with Crippen LogP contribution in [-0.4, -0.2) is 45.3 Å². The number of aromatic nitrogens is 5. The smallest absolute Gasteiger partial charge is 0.249 e. The summed E-state index contributed by atoms with van der Waals surface area (Å²) in [4.78, 5) is 4.86. The Balaban J connectivity index is 1.20. The van der Waals surface area contributed by atoms with Crippen LogP contribution in [0.2, 0.25) is 0 Å². The van der Waals surface area contributed by atoms with E-state index in [1.54, 1.807) is 12.7 Å². The lowest BCUT2D eigenvalue weighted by molar-refractivity contribution is -0.0925. The molecule has 2 aromatic heterocycles. The fourth-order valence-corrected chi connectivity index (χ4v) is 7.92.